The molecule has 2 saturated heterocycles. The van der Waals surface area contributed by atoms with E-state index < -0.39 is 24.5 Å². The average molecular weight is 386 g/mol. The standard InChI is InChI=1S/C20H26N4O4/c1-13-17-18(28-20(25)24(17)12-14-8-4-2-5-9-14)16(22-23-21)19(26-13)27-15-10-6-3-7-11-15/h2,4-5,8-9,13,15-19H,3,6-7,10-12H2,1H3/t13-,16-,17+,18-,19-/m1/s1. The number of nitrogens with zero attached hydrogens (tertiary/aromatic N) is 4. The molecule has 0 N–H and O–H groups in total. The molecule has 0 aromatic heterocycles. The van der Waals surface area contributed by atoms with Crippen molar-refractivity contribution in [2.24, 2.45) is 5.11 Å². The van der Waals surface area contributed by atoms with Gasteiger partial charge in [0.1, 0.15) is 12.1 Å². The fraction of sp³-hybridized carbons (Fsp3) is 0.650. The van der Waals surface area contributed by atoms with Crippen LogP contribution in [0.1, 0.15) is 44.6 Å². The highest BCUT2D eigenvalue weighted by Gasteiger charge is 2.55. The molecule has 28 heavy (non-hydrogen) atoms. The first-order chi connectivity index (χ1) is 13.7. The van der Waals surface area contributed by atoms with Crippen molar-refractivity contribution in [1.29, 1.82) is 0 Å². The maximum Gasteiger partial charge on any atom is 0.410 e. The minimum Gasteiger partial charge on any atom is -0.443 e. The first-order valence-electron chi connectivity index (χ1n) is 10.0. The highest BCUT2D eigenvalue weighted by molar-refractivity contribution is 5.71. The summed E-state index contributed by atoms with van der Waals surface area (Å²) >= 11 is 0. The third-order valence-corrected chi connectivity index (χ3v) is 5.87. The zero-order chi connectivity index (χ0) is 19.5. The number of hydrogen-bond acceptors (Lipinski definition) is 5. The van der Waals surface area contributed by atoms with Gasteiger partial charge in [-0.15, -0.1) is 0 Å². The van der Waals surface area contributed by atoms with Crippen molar-refractivity contribution in [3.8, 4) is 0 Å². The summed E-state index contributed by atoms with van der Waals surface area (Å²) in [6, 6.07) is 8.72. The van der Waals surface area contributed by atoms with Gasteiger partial charge in [-0.1, -0.05) is 54.7 Å². The Labute approximate surface area is 164 Å². The van der Waals surface area contributed by atoms with E-state index in [1.807, 2.05) is 37.3 Å². The van der Waals surface area contributed by atoms with Crippen molar-refractivity contribution in [2.45, 2.75) is 82.3 Å². The van der Waals surface area contributed by atoms with Crippen LogP contribution < -0.4 is 0 Å². The van der Waals surface area contributed by atoms with Gasteiger partial charge < -0.3 is 14.2 Å². The van der Waals surface area contributed by atoms with E-state index in [2.05, 4.69) is 10.0 Å². The molecule has 1 amide bonds. The second-order valence-electron chi connectivity index (χ2n) is 7.75. The second kappa shape index (κ2) is 8.39. The van der Waals surface area contributed by atoms with Gasteiger partial charge in [0.15, 0.2) is 6.29 Å². The lowest BCUT2D eigenvalue weighted by atomic mass is 9.94. The molecular weight excluding hydrogens is 360 g/mol. The number of benzene rings is 1. The molecule has 0 spiro atoms. The van der Waals surface area contributed by atoms with Gasteiger partial charge in [-0.25, -0.2) is 4.79 Å². The molecule has 2 heterocycles. The quantitative estimate of drug-likeness (QED) is 0.431. The topological polar surface area (TPSA) is 96.8 Å². The predicted octanol–water partition coefficient (Wildman–Crippen LogP) is 4.15. The number of hydrogen-bond donors (Lipinski definition) is 0. The molecule has 150 valence electrons. The molecule has 8 heteroatoms. The Kier molecular flexibility index (Phi) is 5.71. The van der Waals surface area contributed by atoms with E-state index in [1.54, 1.807) is 4.90 Å². The molecule has 1 aromatic carbocycles. The number of carbonyl (C=O) groups is 1. The highest BCUT2D eigenvalue weighted by Crippen LogP contribution is 2.37. The number of rotatable bonds is 5. The summed E-state index contributed by atoms with van der Waals surface area (Å²) < 4.78 is 18.0. The van der Waals surface area contributed by atoms with Crippen LogP contribution in [-0.4, -0.2) is 47.7 Å². The highest BCUT2D eigenvalue weighted by atomic mass is 16.7. The summed E-state index contributed by atoms with van der Waals surface area (Å²) in [5.41, 5.74) is 10.1. The molecule has 1 aromatic rings. The Balaban J connectivity index is 1.53. The number of azide groups is 1. The summed E-state index contributed by atoms with van der Waals surface area (Å²) in [7, 11) is 0. The summed E-state index contributed by atoms with van der Waals surface area (Å²) in [5.74, 6) is 0. The van der Waals surface area contributed by atoms with Gasteiger partial charge in [0.05, 0.1) is 18.2 Å². The predicted molar refractivity (Wildman–Crippen MR) is 101 cm³/mol. The van der Waals surface area contributed by atoms with E-state index in [9.17, 15) is 4.79 Å². The van der Waals surface area contributed by atoms with Crippen LogP contribution in [0.25, 0.3) is 10.4 Å². The Morgan fingerprint density at radius 2 is 2.00 bits per heavy atom. The molecule has 0 unspecified atom stereocenters. The fourth-order valence-corrected chi connectivity index (χ4v) is 4.51. The van der Waals surface area contributed by atoms with Gasteiger partial charge in [0, 0.05) is 11.5 Å². The third-order valence-electron chi connectivity index (χ3n) is 5.87. The maximum absolute atomic E-state index is 12.6. The zero-order valence-corrected chi connectivity index (χ0v) is 16.0. The minimum absolute atomic E-state index is 0.0939. The Bertz CT molecular complexity index is 733. The molecular formula is C20H26N4O4. The molecule has 0 radical (unpaired) electrons. The summed E-state index contributed by atoms with van der Waals surface area (Å²) in [6.07, 6.45) is 3.55. The molecule has 4 rings (SSSR count). The Morgan fingerprint density at radius 1 is 1.25 bits per heavy atom. The van der Waals surface area contributed by atoms with Crippen molar-refractivity contribution >= 4 is 6.09 Å². The van der Waals surface area contributed by atoms with Crippen LogP contribution in [0.2, 0.25) is 0 Å². The number of carbonyl (C=O) groups excluding carboxylic acids is 1. The zero-order valence-electron chi connectivity index (χ0n) is 16.0. The first kappa shape index (κ1) is 19.1. The molecule has 8 nitrogen and oxygen atoms in total. The van der Waals surface area contributed by atoms with E-state index in [0.29, 0.717) is 6.54 Å². The second-order valence-corrected chi connectivity index (χ2v) is 7.75. The van der Waals surface area contributed by atoms with Crippen LogP contribution >= 0.6 is 0 Å². The van der Waals surface area contributed by atoms with Gasteiger partial charge >= 0.3 is 6.09 Å². The van der Waals surface area contributed by atoms with Gasteiger partial charge in [-0.05, 0) is 30.9 Å². The van der Waals surface area contributed by atoms with Gasteiger partial charge in [0.2, 0.25) is 0 Å². The molecule has 3 fully saturated rings. The van der Waals surface area contributed by atoms with E-state index in [-0.39, 0.29) is 18.2 Å². The first-order valence-corrected chi connectivity index (χ1v) is 10.0. The minimum atomic E-state index is -0.696. The SMILES string of the molecule is C[C@H]1O[C@H](OC2CCCCC2)[C@H](N=[N+]=[N-])[C@H]2OC(=O)N(Cc3ccccc3)[C@H]21. The van der Waals surface area contributed by atoms with E-state index in [4.69, 9.17) is 19.7 Å². The van der Waals surface area contributed by atoms with Crippen LogP contribution in [0.3, 0.4) is 0 Å². The lowest BCUT2D eigenvalue weighted by Crippen LogP contribution is -2.59. The largest absolute Gasteiger partial charge is 0.443 e. The lowest BCUT2D eigenvalue weighted by Gasteiger charge is -2.42. The smallest absolute Gasteiger partial charge is 0.410 e. The molecule has 1 aliphatic carbocycles. The van der Waals surface area contributed by atoms with Crippen LogP contribution in [0.15, 0.2) is 35.4 Å². The summed E-state index contributed by atoms with van der Waals surface area (Å²) in [5, 5.41) is 3.91. The van der Waals surface area contributed by atoms with Crippen LogP contribution in [-0.2, 0) is 20.8 Å². The number of ether oxygens (including phenoxy) is 3. The lowest BCUT2D eigenvalue weighted by molar-refractivity contribution is -0.247. The summed E-state index contributed by atoms with van der Waals surface area (Å²) in [6.45, 7) is 2.34. The van der Waals surface area contributed by atoms with Gasteiger partial charge in [0.25, 0.3) is 0 Å². The van der Waals surface area contributed by atoms with Crippen LogP contribution in [0, 0.1) is 0 Å². The molecule has 2 aliphatic heterocycles. The third kappa shape index (κ3) is 3.81. The van der Waals surface area contributed by atoms with Crippen molar-refractivity contribution in [3.63, 3.8) is 0 Å². The van der Waals surface area contributed by atoms with Crippen LogP contribution in [0.5, 0.6) is 0 Å². The molecule has 5 atom stereocenters. The van der Waals surface area contributed by atoms with E-state index >= 15 is 0 Å². The summed E-state index contributed by atoms with van der Waals surface area (Å²) in [4.78, 5) is 17.3. The van der Waals surface area contributed by atoms with Crippen molar-refractivity contribution in [2.75, 3.05) is 0 Å². The normalized spacial score (nSPS) is 33.1. The number of amides is 1. The van der Waals surface area contributed by atoms with E-state index in [1.165, 1.54) is 6.42 Å². The van der Waals surface area contributed by atoms with Crippen molar-refractivity contribution in [1.82, 2.24) is 4.90 Å². The van der Waals surface area contributed by atoms with Crippen LogP contribution in [0.4, 0.5) is 4.79 Å². The van der Waals surface area contributed by atoms with E-state index in [0.717, 1.165) is 31.2 Å². The average Bonchev–Trinajstić information content (AvgIpc) is 3.03. The van der Waals surface area contributed by atoms with Gasteiger partial charge in [-0.3, -0.25) is 4.90 Å². The maximum atomic E-state index is 12.6. The van der Waals surface area contributed by atoms with Crippen molar-refractivity contribution < 1.29 is 19.0 Å². The van der Waals surface area contributed by atoms with Crippen molar-refractivity contribution in [3.05, 3.63) is 46.3 Å². The fourth-order valence-electron chi connectivity index (χ4n) is 4.51. The number of fused-ring (bicyclic) bond motifs is 1. The van der Waals surface area contributed by atoms with Gasteiger partial charge in [-0.2, -0.15) is 0 Å². The monoisotopic (exact) mass is 386 g/mol. The Morgan fingerprint density at radius 3 is 2.71 bits per heavy atom. The molecule has 0 bridgehead atoms. The molecule has 3 aliphatic rings. The molecule has 1 saturated carbocycles. The Hall–Kier alpha value is -2.28.